The predicted octanol–water partition coefficient (Wildman–Crippen LogP) is 1.73. The molecule has 0 saturated carbocycles. The first-order chi connectivity index (χ1) is 9.11. The molecule has 0 bridgehead atoms. The van der Waals surface area contributed by atoms with Gasteiger partial charge in [-0.3, -0.25) is 4.90 Å². The number of aliphatic hydroxyl groups excluding tert-OH is 1. The van der Waals surface area contributed by atoms with Gasteiger partial charge in [0.05, 0.1) is 29.4 Å². The number of anilines is 1. The fourth-order valence-corrected chi connectivity index (χ4v) is 3.30. The zero-order chi connectivity index (χ0) is 13.6. The number of hydrogen-bond donors (Lipinski definition) is 1. The fourth-order valence-electron chi connectivity index (χ4n) is 3.09. The third kappa shape index (κ3) is 1.99. The lowest BCUT2D eigenvalue weighted by Gasteiger charge is -2.22. The highest BCUT2D eigenvalue weighted by atomic mass is 35.5. The molecule has 2 aliphatic rings. The van der Waals surface area contributed by atoms with Crippen LogP contribution in [0.25, 0.3) is 0 Å². The molecule has 19 heavy (non-hydrogen) atoms. The highest BCUT2D eigenvalue weighted by Crippen LogP contribution is 2.34. The van der Waals surface area contributed by atoms with Gasteiger partial charge in [0.15, 0.2) is 0 Å². The Labute approximate surface area is 117 Å². The van der Waals surface area contributed by atoms with Crippen LogP contribution in [-0.4, -0.2) is 41.9 Å². The monoisotopic (exact) mass is 277 g/mol. The van der Waals surface area contributed by atoms with E-state index in [4.69, 9.17) is 16.9 Å². The number of halogens is 1. The van der Waals surface area contributed by atoms with Gasteiger partial charge in [0.25, 0.3) is 0 Å². The molecule has 0 unspecified atom stereocenters. The minimum atomic E-state index is -0.223. The lowest BCUT2D eigenvalue weighted by atomic mass is 10.1. The van der Waals surface area contributed by atoms with Gasteiger partial charge in [-0.05, 0) is 31.0 Å². The van der Waals surface area contributed by atoms with Crippen LogP contribution in [0, 0.1) is 18.3 Å². The first-order valence-corrected chi connectivity index (χ1v) is 6.86. The molecular weight excluding hydrogens is 262 g/mol. The van der Waals surface area contributed by atoms with Crippen LogP contribution in [0.1, 0.15) is 17.5 Å². The van der Waals surface area contributed by atoms with Gasteiger partial charge in [-0.15, -0.1) is 0 Å². The van der Waals surface area contributed by atoms with Crippen LogP contribution in [0.15, 0.2) is 12.1 Å². The minimum absolute atomic E-state index is 0.223. The molecule has 1 N–H and O–H groups in total. The normalized spacial score (nSPS) is 26.5. The van der Waals surface area contributed by atoms with E-state index in [-0.39, 0.29) is 12.1 Å². The predicted molar refractivity (Wildman–Crippen MR) is 74.2 cm³/mol. The largest absolute Gasteiger partial charge is 0.391 e. The lowest BCUT2D eigenvalue weighted by molar-refractivity contribution is 0.142. The van der Waals surface area contributed by atoms with Crippen molar-refractivity contribution in [2.24, 2.45) is 0 Å². The van der Waals surface area contributed by atoms with Gasteiger partial charge in [0.2, 0.25) is 0 Å². The number of nitriles is 1. The molecule has 0 aliphatic carbocycles. The molecule has 2 heterocycles. The van der Waals surface area contributed by atoms with E-state index in [0.29, 0.717) is 10.6 Å². The van der Waals surface area contributed by atoms with E-state index >= 15 is 0 Å². The van der Waals surface area contributed by atoms with Crippen LogP contribution in [0.2, 0.25) is 5.02 Å². The highest BCUT2D eigenvalue weighted by Gasteiger charge is 2.40. The third-order valence-electron chi connectivity index (χ3n) is 4.20. The Morgan fingerprint density at radius 3 is 2.95 bits per heavy atom. The summed E-state index contributed by atoms with van der Waals surface area (Å²) < 4.78 is 0. The molecule has 2 saturated heterocycles. The summed E-state index contributed by atoms with van der Waals surface area (Å²) >= 11 is 6.21. The molecule has 2 atom stereocenters. The second-order valence-corrected chi connectivity index (χ2v) is 5.66. The summed E-state index contributed by atoms with van der Waals surface area (Å²) in [7, 11) is 0. The van der Waals surface area contributed by atoms with E-state index in [9.17, 15) is 5.11 Å². The van der Waals surface area contributed by atoms with Gasteiger partial charge >= 0.3 is 0 Å². The zero-order valence-corrected chi connectivity index (χ0v) is 11.6. The first kappa shape index (κ1) is 12.7. The van der Waals surface area contributed by atoms with Gasteiger partial charge in [-0.2, -0.15) is 5.26 Å². The highest BCUT2D eigenvalue weighted by molar-refractivity contribution is 6.32. The van der Waals surface area contributed by atoms with E-state index in [1.807, 2.05) is 13.0 Å². The van der Waals surface area contributed by atoms with E-state index in [0.717, 1.165) is 37.4 Å². The van der Waals surface area contributed by atoms with E-state index < -0.39 is 0 Å². The third-order valence-corrected chi connectivity index (χ3v) is 4.69. The lowest BCUT2D eigenvalue weighted by Crippen LogP contribution is -2.31. The molecule has 100 valence electrons. The van der Waals surface area contributed by atoms with Crippen LogP contribution in [-0.2, 0) is 0 Å². The zero-order valence-electron chi connectivity index (χ0n) is 10.8. The number of nitrogens with zero attached hydrogens (tertiary/aromatic N) is 3. The molecule has 2 aliphatic heterocycles. The molecule has 5 heteroatoms. The molecule has 1 aromatic carbocycles. The molecule has 0 spiro atoms. The number of rotatable bonds is 1. The number of benzene rings is 1. The van der Waals surface area contributed by atoms with Crippen molar-refractivity contribution in [2.45, 2.75) is 25.5 Å². The van der Waals surface area contributed by atoms with Crippen molar-refractivity contribution in [3.63, 3.8) is 0 Å². The molecular formula is C14H16ClN3O. The quantitative estimate of drug-likeness (QED) is 0.849. The second-order valence-electron chi connectivity index (χ2n) is 5.28. The molecule has 2 fully saturated rings. The summed E-state index contributed by atoms with van der Waals surface area (Å²) in [6, 6.07) is 6.05. The van der Waals surface area contributed by atoms with Gasteiger partial charge in [0, 0.05) is 18.8 Å². The van der Waals surface area contributed by atoms with Gasteiger partial charge in [-0.25, -0.2) is 0 Å². The fraction of sp³-hybridized carbons (Fsp3) is 0.500. The van der Waals surface area contributed by atoms with E-state index in [1.54, 1.807) is 6.07 Å². The Bertz CT molecular complexity index is 554. The summed E-state index contributed by atoms with van der Waals surface area (Å²) in [5, 5.41) is 19.4. The number of aliphatic hydroxyl groups is 1. The van der Waals surface area contributed by atoms with Crippen molar-refractivity contribution >= 4 is 17.3 Å². The van der Waals surface area contributed by atoms with Crippen LogP contribution >= 0.6 is 11.6 Å². The molecule has 0 aromatic heterocycles. The summed E-state index contributed by atoms with van der Waals surface area (Å²) in [5.74, 6) is 0. The van der Waals surface area contributed by atoms with E-state index in [1.165, 1.54) is 0 Å². The standard InChI is InChI=1S/C14H16ClN3O/c1-9-11(3-2-10(6-16)14(9)15)18-7-12-13(19)4-5-17(12)8-18/h2-3,12-13,19H,4-5,7-8H2,1H3/t12-,13+/m0/s1. The summed E-state index contributed by atoms with van der Waals surface area (Å²) in [6.07, 6.45) is 0.644. The molecule has 0 radical (unpaired) electrons. The van der Waals surface area contributed by atoms with Gasteiger partial charge in [0.1, 0.15) is 6.07 Å². The Morgan fingerprint density at radius 2 is 2.26 bits per heavy atom. The van der Waals surface area contributed by atoms with Crippen molar-refractivity contribution in [3.8, 4) is 6.07 Å². The van der Waals surface area contributed by atoms with E-state index in [2.05, 4.69) is 15.9 Å². The molecule has 3 rings (SSSR count). The average molecular weight is 278 g/mol. The van der Waals surface area contributed by atoms with Crippen LogP contribution in [0.4, 0.5) is 5.69 Å². The smallest absolute Gasteiger partial charge is 0.101 e. The maximum Gasteiger partial charge on any atom is 0.101 e. The maximum atomic E-state index is 9.93. The van der Waals surface area contributed by atoms with Crippen LogP contribution < -0.4 is 4.90 Å². The van der Waals surface area contributed by atoms with Crippen molar-refractivity contribution in [1.82, 2.24) is 4.90 Å². The van der Waals surface area contributed by atoms with Crippen LogP contribution in [0.3, 0.4) is 0 Å². The van der Waals surface area contributed by atoms with Crippen molar-refractivity contribution in [1.29, 1.82) is 5.26 Å². The molecule has 1 aromatic rings. The Morgan fingerprint density at radius 1 is 1.47 bits per heavy atom. The SMILES string of the molecule is Cc1c(N2C[C@H]3[C@H](O)CCN3C2)ccc(C#N)c1Cl. The van der Waals surface area contributed by atoms with Gasteiger partial charge < -0.3 is 10.0 Å². The molecule has 4 nitrogen and oxygen atoms in total. The summed E-state index contributed by atoms with van der Waals surface area (Å²) in [5.41, 5.74) is 2.52. The van der Waals surface area contributed by atoms with Crippen molar-refractivity contribution < 1.29 is 5.11 Å². The van der Waals surface area contributed by atoms with Crippen molar-refractivity contribution in [3.05, 3.63) is 28.3 Å². The maximum absolute atomic E-state index is 9.93. The average Bonchev–Trinajstić information content (AvgIpc) is 2.95. The Balaban J connectivity index is 1.89. The van der Waals surface area contributed by atoms with Crippen molar-refractivity contribution in [2.75, 3.05) is 24.7 Å². The Kier molecular flexibility index (Phi) is 3.14. The Hall–Kier alpha value is -1.28. The first-order valence-electron chi connectivity index (χ1n) is 6.48. The number of fused-ring (bicyclic) bond motifs is 1. The molecule has 0 amide bonds. The second kappa shape index (κ2) is 4.68. The minimum Gasteiger partial charge on any atom is -0.391 e. The van der Waals surface area contributed by atoms with Gasteiger partial charge in [-0.1, -0.05) is 11.6 Å². The van der Waals surface area contributed by atoms with Crippen LogP contribution in [0.5, 0.6) is 0 Å². The summed E-state index contributed by atoms with van der Waals surface area (Å²) in [6.45, 7) is 4.54. The number of hydrogen-bond acceptors (Lipinski definition) is 4. The topological polar surface area (TPSA) is 50.5 Å². The summed E-state index contributed by atoms with van der Waals surface area (Å²) in [4.78, 5) is 4.53.